The SMILES string of the molecule is O=C(O)[C@H]1C[C@H]1C(=O)Nc1cccnc1Br. The number of aliphatic carboxylic acids is 1. The van der Waals surface area contributed by atoms with Crippen molar-refractivity contribution in [3.05, 3.63) is 22.9 Å². The maximum Gasteiger partial charge on any atom is 0.307 e. The second kappa shape index (κ2) is 4.21. The van der Waals surface area contributed by atoms with Crippen LogP contribution in [0.2, 0.25) is 0 Å². The van der Waals surface area contributed by atoms with Crippen molar-refractivity contribution in [2.75, 3.05) is 5.32 Å². The molecule has 2 N–H and O–H groups in total. The molecule has 0 aliphatic heterocycles. The molecule has 1 aliphatic rings. The van der Waals surface area contributed by atoms with Gasteiger partial charge in [-0.2, -0.15) is 0 Å². The van der Waals surface area contributed by atoms with E-state index in [1.807, 2.05) is 0 Å². The maximum absolute atomic E-state index is 11.6. The number of hydrogen-bond donors (Lipinski definition) is 2. The van der Waals surface area contributed by atoms with Gasteiger partial charge in [0.25, 0.3) is 0 Å². The van der Waals surface area contributed by atoms with Crippen LogP contribution in [0.4, 0.5) is 5.69 Å². The van der Waals surface area contributed by atoms with Crippen molar-refractivity contribution in [1.82, 2.24) is 4.98 Å². The molecule has 1 aromatic heterocycles. The topological polar surface area (TPSA) is 79.3 Å². The molecule has 0 aromatic carbocycles. The van der Waals surface area contributed by atoms with Crippen LogP contribution in [0.25, 0.3) is 0 Å². The number of halogens is 1. The zero-order valence-corrected chi connectivity index (χ0v) is 9.77. The molecule has 16 heavy (non-hydrogen) atoms. The van der Waals surface area contributed by atoms with Crippen LogP contribution in [-0.2, 0) is 9.59 Å². The maximum atomic E-state index is 11.6. The number of carboxylic acids is 1. The first-order valence-electron chi connectivity index (χ1n) is 4.74. The van der Waals surface area contributed by atoms with Gasteiger partial charge in [-0.3, -0.25) is 9.59 Å². The van der Waals surface area contributed by atoms with Gasteiger partial charge >= 0.3 is 5.97 Å². The highest BCUT2D eigenvalue weighted by Gasteiger charge is 2.48. The summed E-state index contributed by atoms with van der Waals surface area (Å²) < 4.78 is 0.538. The summed E-state index contributed by atoms with van der Waals surface area (Å²) in [7, 11) is 0. The summed E-state index contributed by atoms with van der Waals surface area (Å²) in [6, 6.07) is 3.40. The average molecular weight is 285 g/mol. The highest BCUT2D eigenvalue weighted by molar-refractivity contribution is 9.10. The molecule has 1 fully saturated rings. The Labute approximate surface area is 100 Å². The number of pyridine rings is 1. The fraction of sp³-hybridized carbons (Fsp3) is 0.300. The molecular formula is C10H9BrN2O3. The third-order valence-corrected chi connectivity index (χ3v) is 3.09. The molecule has 1 amide bonds. The van der Waals surface area contributed by atoms with Crippen LogP contribution in [0.1, 0.15) is 6.42 Å². The van der Waals surface area contributed by atoms with E-state index in [-0.39, 0.29) is 5.91 Å². The minimum atomic E-state index is -0.912. The lowest BCUT2D eigenvalue weighted by atomic mass is 10.3. The van der Waals surface area contributed by atoms with Crippen molar-refractivity contribution in [1.29, 1.82) is 0 Å². The van der Waals surface area contributed by atoms with Crippen molar-refractivity contribution in [3.63, 3.8) is 0 Å². The average Bonchev–Trinajstić information content (AvgIpc) is 3.01. The van der Waals surface area contributed by atoms with E-state index in [1.165, 1.54) is 0 Å². The van der Waals surface area contributed by atoms with Crippen molar-refractivity contribution in [2.45, 2.75) is 6.42 Å². The van der Waals surface area contributed by atoms with Gasteiger partial charge in [0.15, 0.2) is 0 Å². The molecule has 1 saturated carbocycles. The van der Waals surface area contributed by atoms with E-state index in [9.17, 15) is 9.59 Å². The molecule has 1 aliphatic carbocycles. The largest absolute Gasteiger partial charge is 0.481 e. The number of carbonyl (C=O) groups excluding carboxylic acids is 1. The Morgan fingerprint density at radius 2 is 2.25 bits per heavy atom. The van der Waals surface area contributed by atoms with Crippen LogP contribution in [0, 0.1) is 11.8 Å². The molecule has 0 saturated heterocycles. The summed E-state index contributed by atoms with van der Waals surface area (Å²) in [4.78, 5) is 26.2. The smallest absolute Gasteiger partial charge is 0.307 e. The molecular weight excluding hydrogens is 276 g/mol. The van der Waals surface area contributed by atoms with Crippen molar-refractivity contribution in [2.24, 2.45) is 11.8 Å². The van der Waals surface area contributed by atoms with Gasteiger partial charge in [-0.15, -0.1) is 0 Å². The number of rotatable bonds is 3. The molecule has 6 heteroatoms. The Morgan fingerprint density at radius 3 is 2.81 bits per heavy atom. The van der Waals surface area contributed by atoms with Gasteiger partial charge < -0.3 is 10.4 Å². The lowest BCUT2D eigenvalue weighted by Gasteiger charge is -2.05. The van der Waals surface area contributed by atoms with Crippen molar-refractivity contribution >= 4 is 33.5 Å². The van der Waals surface area contributed by atoms with E-state index in [0.29, 0.717) is 16.7 Å². The highest BCUT2D eigenvalue weighted by atomic mass is 79.9. The predicted octanol–water partition coefficient (Wildman–Crippen LogP) is 1.50. The number of hydrogen-bond acceptors (Lipinski definition) is 3. The number of carboxylic acid groups (broad SMARTS) is 1. The Morgan fingerprint density at radius 1 is 1.50 bits per heavy atom. The number of nitrogens with one attached hydrogen (secondary N) is 1. The van der Waals surface area contributed by atoms with Crippen molar-refractivity contribution < 1.29 is 14.7 Å². The molecule has 0 radical (unpaired) electrons. The molecule has 5 nitrogen and oxygen atoms in total. The molecule has 2 rings (SSSR count). The third kappa shape index (κ3) is 2.21. The summed E-state index contributed by atoms with van der Waals surface area (Å²) in [5.41, 5.74) is 0.559. The number of amides is 1. The van der Waals surface area contributed by atoms with Gasteiger partial charge in [0.2, 0.25) is 5.91 Å². The standard InChI is InChI=1S/C10H9BrN2O3/c11-8-7(2-1-3-12-8)13-9(14)5-4-6(5)10(15)16/h1-3,5-6H,4H2,(H,13,14)(H,15,16)/t5-,6+/m1/s1. The monoisotopic (exact) mass is 284 g/mol. The number of anilines is 1. The second-order valence-corrected chi connectivity index (χ2v) is 4.37. The summed E-state index contributed by atoms with van der Waals surface area (Å²) in [5, 5.41) is 11.3. The van der Waals surface area contributed by atoms with E-state index in [1.54, 1.807) is 18.3 Å². The zero-order chi connectivity index (χ0) is 11.7. The second-order valence-electron chi connectivity index (χ2n) is 3.62. The Balaban J connectivity index is 1.99. The van der Waals surface area contributed by atoms with Crippen LogP contribution < -0.4 is 5.32 Å². The van der Waals surface area contributed by atoms with Crippen LogP contribution in [-0.4, -0.2) is 22.0 Å². The Hall–Kier alpha value is -1.43. The molecule has 1 heterocycles. The number of carbonyl (C=O) groups is 2. The van der Waals surface area contributed by atoms with Crippen LogP contribution in [0.5, 0.6) is 0 Å². The van der Waals surface area contributed by atoms with Gasteiger partial charge in [-0.25, -0.2) is 4.98 Å². The molecule has 84 valence electrons. The lowest BCUT2D eigenvalue weighted by Crippen LogP contribution is -2.17. The molecule has 1 aromatic rings. The fourth-order valence-corrected chi connectivity index (χ4v) is 1.81. The summed E-state index contributed by atoms with van der Waals surface area (Å²) in [5.74, 6) is -2.12. The minimum Gasteiger partial charge on any atom is -0.481 e. The van der Waals surface area contributed by atoms with Gasteiger partial charge in [0, 0.05) is 6.20 Å². The zero-order valence-electron chi connectivity index (χ0n) is 8.18. The molecule has 0 spiro atoms. The predicted molar refractivity (Wildman–Crippen MR) is 59.8 cm³/mol. The van der Waals surface area contributed by atoms with E-state index in [0.717, 1.165) is 0 Å². The number of aromatic nitrogens is 1. The van der Waals surface area contributed by atoms with Gasteiger partial charge in [-0.1, -0.05) is 0 Å². The Bertz CT molecular complexity index is 449. The van der Waals surface area contributed by atoms with Gasteiger partial charge in [0.05, 0.1) is 17.5 Å². The fourth-order valence-electron chi connectivity index (χ4n) is 1.46. The first-order chi connectivity index (χ1) is 7.59. The van der Waals surface area contributed by atoms with E-state index in [2.05, 4.69) is 26.2 Å². The normalized spacial score (nSPS) is 22.6. The van der Waals surface area contributed by atoms with Crippen molar-refractivity contribution in [3.8, 4) is 0 Å². The van der Waals surface area contributed by atoms with Crippen LogP contribution in [0.3, 0.4) is 0 Å². The van der Waals surface area contributed by atoms with E-state index >= 15 is 0 Å². The van der Waals surface area contributed by atoms with Gasteiger partial charge in [0.1, 0.15) is 4.60 Å². The van der Waals surface area contributed by atoms with E-state index in [4.69, 9.17) is 5.11 Å². The lowest BCUT2D eigenvalue weighted by molar-refractivity contribution is -0.139. The molecule has 2 atom stereocenters. The molecule has 0 unspecified atom stereocenters. The summed E-state index contributed by atoms with van der Waals surface area (Å²) >= 11 is 3.20. The molecule has 0 bridgehead atoms. The van der Waals surface area contributed by atoms with Gasteiger partial charge in [-0.05, 0) is 34.5 Å². The van der Waals surface area contributed by atoms with Crippen LogP contribution in [0.15, 0.2) is 22.9 Å². The number of nitrogens with zero attached hydrogens (tertiary/aromatic N) is 1. The first kappa shape index (κ1) is 11.1. The quantitative estimate of drug-likeness (QED) is 0.825. The third-order valence-electron chi connectivity index (χ3n) is 2.46. The van der Waals surface area contributed by atoms with E-state index < -0.39 is 17.8 Å². The highest BCUT2D eigenvalue weighted by Crippen LogP contribution is 2.39. The summed E-state index contributed by atoms with van der Waals surface area (Å²) in [6.45, 7) is 0. The first-order valence-corrected chi connectivity index (χ1v) is 5.53. The minimum absolute atomic E-state index is 0.263. The Kier molecular flexibility index (Phi) is 2.91. The summed E-state index contributed by atoms with van der Waals surface area (Å²) in [6.07, 6.45) is 2.01. The van der Waals surface area contributed by atoms with Crippen LogP contribution >= 0.6 is 15.9 Å².